The second-order valence-electron chi connectivity index (χ2n) is 4.03. The minimum absolute atomic E-state index is 0.179. The summed E-state index contributed by atoms with van der Waals surface area (Å²) in [5.74, 6) is -0.256. The van der Waals surface area contributed by atoms with E-state index in [1.807, 2.05) is 0 Å². The summed E-state index contributed by atoms with van der Waals surface area (Å²) in [6, 6.07) is 9.37. The third-order valence-electron chi connectivity index (χ3n) is 2.79. The number of halogens is 3. The number of aromatic nitrogens is 2. The largest absolute Gasteiger partial charge is 0.369 e. The van der Waals surface area contributed by atoms with E-state index >= 15 is 0 Å². The molecule has 3 rings (SSSR count). The van der Waals surface area contributed by atoms with Gasteiger partial charge in [0.25, 0.3) is 0 Å². The summed E-state index contributed by atoms with van der Waals surface area (Å²) in [4.78, 5) is 4.17. The highest BCUT2D eigenvalue weighted by Crippen LogP contribution is 2.28. The maximum Gasteiger partial charge on any atom is 0.206 e. The van der Waals surface area contributed by atoms with E-state index in [9.17, 15) is 4.39 Å². The lowest BCUT2D eigenvalue weighted by atomic mass is 10.2. The Morgan fingerprint density at radius 2 is 1.74 bits per heavy atom. The van der Waals surface area contributed by atoms with Crippen LogP contribution in [0.1, 0.15) is 0 Å². The lowest BCUT2D eigenvalue weighted by molar-refractivity contribution is 0.620. The highest BCUT2D eigenvalue weighted by atomic mass is 35.5. The molecule has 3 nitrogen and oxygen atoms in total. The summed E-state index contributed by atoms with van der Waals surface area (Å²) < 4.78 is 15.4. The van der Waals surface area contributed by atoms with E-state index < -0.39 is 5.82 Å². The summed E-state index contributed by atoms with van der Waals surface area (Å²) in [6.07, 6.45) is 0. The number of nitrogen functional groups attached to an aromatic ring is 1. The van der Waals surface area contributed by atoms with Crippen molar-refractivity contribution in [2.45, 2.75) is 0 Å². The Hall–Kier alpha value is -1.78. The fourth-order valence-corrected chi connectivity index (χ4v) is 2.31. The lowest BCUT2D eigenvalue weighted by Gasteiger charge is -2.08. The van der Waals surface area contributed by atoms with E-state index in [1.54, 1.807) is 18.2 Å². The molecule has 0 aliphatic carbocycles. The van der Waals surface area contributed by atoms with Gasteiger partial charge in [0.1, 0.15) is 5.82 Å². The summed E-state index contributed by atoms with van der Waals surface area (Å²) in [6.45, 7) is 0. The first-order chi connectivity index (χ1) is 9.06. The van der Waals surface area contributed by atoms with Gasteiger partial charge in [0, 0.05) is 10.0 Å². The van der Waals surface area contributed by atoms with Crippen molar-refractivity contribution in [2.24, 2.45) is 0 Å². The van der Waals surface area contributed by atoms with Crippen molar-refractivity contribution in [3.63, 3.8) is 0 Å². The zero-order valence-electron chi connectivity index (χ0n) is 9.57. The normalized spacial score (nSPS) is 11.1. The van der Waals surface area contributed by atoms with Crippen LogP contribution in [0.4, 0.5) is 10.3 Å². The van der Waals surface area contributed by atoms with Crippen LogP contribution in [0.2, 0.25) is 10.0 Å². The van der Waals surface area contributed by atoms with Crippen LogP contribution in [0, 0.1) is 5.82 Å². The summed E-state index contributed by atoms with van der Waals surface area (Å²) in [5.41, 5.74) is 7.37. The highest BCUT2D eigenvalue weighted by molar-refractivity contribution is 6.31. The zero-order chi connectivity index (χ0) is 13.6. The van der Waals surface area contributed by atoms with Crippen molar-refractivity contribution in [1.82, 2.24) is 9.55 Å². The monoisotopic (exact) mass is 295 g/mol. The molecular weight excluding hydrogens is 288 g/mol. The van der Waals surface area contributed by atoms with Gasteiger partial charge >= 0.3 is 0 Å². The number of nitrogens with two attached hydrogens (primary N) is 1. The van der Waals surface area contributed by atoms with Gasteiger partial charge in [0.05, 0.1) is 16.7 Å². The number of hydrogen-bond acceptors (Lipinski definition) is 2. The van der Waals surface area contributed by atoms with Crippen LogP contribution < -0.4 is 5.73 Å². The fourth-order valence-electron chi connectivity index (χ4n) is 1.98. The minimum Gasteiger partial charge on any atom is -0.369 e. The Kier molecular flexibility index (Phi) is 2.84. The third kappa shape index (κ3) is 2.03. The molecular formula is C13H8Cl2FN3. The van der Waals surface area contributed by atoms with Gasteiger partial charge in [-0.2, -0.15) is 0 Å². The van der Waals surface area contributed by atoms with Gasteiger partial charge < -0.3 is 5.73 Å². The van der Waals surface area contributed by atoms with Crippen LogP contribution in [0.15, 0.2) is 36.4 Å². The second kappa shape index (κ2) is 4.40. The van der Waals surface area contributed by atoms with Gasteiger partial charge in [-0.15, -0.1) is 0 Å². The molecule has 0 fully saturated rings. The second-order valence-corrected chi connectivity index (χ2v) is 4.91. The van der Waals surface area contributed by atoms with Crippen molar-refractivity contribution in [3.05, 3.63) is 52.3 Å². The van der Waals surface area contributed by atoms with Gasteiger partial charge in [-0.1, -0.05) is 23.2 Å². The summed E-state index contributed by atoms with van der Waals surface area (Å²) in [7, 11) is 0. The van der Waals surface area contributed by atoms with Crippen LogP contribution in [0.5, 0.6) is 0 Å². The fraction of sp³-hybridized carbons (Fsp3) is 0. The van der Waals surface area contributed by atoms with Gasteiger partial charge in [0.15, 0.2) is 0 Å². The predicted molar refractivity (Wildman–Crippen MR) is 75.5 cm³/mol. The molecule has 0 spiro atoms. The number of rotatable bonds is 1. The zero-order valence-corrected chi connectivity index (χ0v) is 11.1. The Morgan fingerprint density at radius 1 is 1.05 bits per heavy atom. The average Bonchev–Trinajstić information content (AvgIpc) is 2.68. The van der Waals surface area contributed by atoms with Crippen LogP contribution in [-0.2, 0) is 0 Å². The minimum atomic E-state index is -0.435. The van der Waals surface area contributed by atoms with Crippen LogP contribution in [0.25, 0.3) is 16.7 Å². The first kappa shape index (κ1) is 12.3. The maximum absolute atomic E-state index is 13.9. The molecule has 0 amide bonds. The van der Waals surface area contributed by atoms with Crippen molar-refractivity contribution in [1.29, 1.82) is 0 Å². The summed E-state index contributed by atoms with van der Waals surface area (Å²) in [5, 5.41) is 0.941. The summed E-state index contributed by atoms with van der Waals surface area (Å²) >= 11 is 11.9. The molecule has 1 aromatic heterocycles. The average molecular weight is 296 g/mol. The molecule has 0 unspecified atom stereocenters. The maximum atomic E-state index is 13.9. The Balaban J connectivity index is 2.38. The van der Waals surface area contributed by atoms with E-state index in [1.165, 1.54) is 22.8 Å². The number of nitrogens with zero attached hydrogens (tertiary/aromatic N) is 2. The SMILES string of the molecule is Nc1nc2ccc(Cl)cc2n1-c1cc(Cl)ccc1F. The van der Waals surface area contributed by atoms with Crippen molar-refractivity contribution in [3.8, 4) is 5.69 Å². The van der Waals surface area contributed by atoms with Crippen LogP contribution >= 0.6 is 23.2 Å². The number of anilines is 1. The van der Waals surface area contributed by atoms with E-state index in [0.29, 0.717) is 21.1 Å². The Bertz CT molecular complexity index is 783. The molecule has 0 aliphatic rings. The van der Waals surface area contributed by atoms with Crippen molar-refractivity contribution >= 4 is 40.2 Å². The molecule has 0 saturated heterocycles. The van der Waals surface area contributed by atoms with E-state index in [2.05, 4.69) is 4.98 Å². The Morgan fingerprint density at radius 3 is 2.53 bits per heavy atom. The first-order valence-electron chi connectivity index (χ1n) is 5.45. The number of benzene rings is 2. The molecule has 0 radical (unpaired) electrons. The van der Waals surface area contributed by atoms with Gasteiger partial charge in [-0.05, 0) is 36.4 Å². The topological polar surface area (TPSA) is 43.8 Å². The smallest absolute Gasteiger partial charge is 0.206 e. The van der Waals surface area contributed by atoms with E-state index in [-0.39, 0.29) is 11.6 Å². The highest BCUT2D eigenvalue weighted by Gasteiger charge is 2.14. The third-order valence-corrected chi connectivity index (χ3v) is 3.26. The van der Waals surface area contributed by atoms with Gasteiger partial charge in [0.2, 0.25) is 5.95 Å². The lowest BCUT2D eigenvalue weighted by Crippen LogP contribution is -2.02. The van der Waals surface area contributed by atoms with Crippen molar-refractivity contribution < 1.29 is 4.39 Å². The molecule has 1 heterocycles. The van der Waals surface area contributed by atoms with Gasteiger partial charge in [-0.3, -0.25) is 4.57 Å². The van der Waals surface area contributed by atoms with Crippen LogP contribution in [0.3, 0.4) is 0 Å². The standard InChI is InChI=1S/C13H8Cl2FN3/c14-7-1-3-9(16)11(5-7)19-12-6-8(15)2-4-10(12)18-13(19)17/h1-6H,(H2,17,18). The molecule has 96 valence electrons. The predicted octanol–water partition coefficient (Wildman–Crippen LogP) is 4.05. The molecule has 2 N–H and O–H groups in total. The Labute approximate surface area is 118 Å². The van der Waals surface area contributed by atoms with Crippen LogP contribution in [-0.4, -0.2) is 9.55 Å². The number of hydrogen-bond donors (Lipinski definition) is 1. The van der Waals surface area contributed by atoms with Gasteiger partial charge in [-0.25, -0.2) is 9.37 Å². The number of fused-ring (bicyclic) bond motifs is 1. The molecule has 6 heteroatoms. The number of imidazole rings is 1. The molecule has 3 aromatic rings. The quantitative estimate of drug-likeness (QED) is 0.736. The van der Waals surface area contributed by atoms with E-state index in [0.717, 1.165) is 0 Å². The molecule has 0 saturated carbocycles. The van der Waals surface area contributed by atoms with E-state index in [4.69, 9.17) is 28.9 Å². The molecule has 0 bridgehead atoms. The molecule has 0 atom stereocenters. The molecule has 2 aromatic carbocycles. The molecule has 19 heavy (non-hydrogen) atoms. The van der Waals surface area contributed by atoms with Crippen molar-refractivity contribution in [2.75, 3.05) is 5.73 Å². The molecule has 0 aliphatic heterocycles. The first-order valence-corrected chi connectivity index (χ1v) is 6.21.